The predicted molar refractivity (Wildman–Crippen MR) is 161 cm³/mol. The number of methoxy groups -OCH3 is 1. The van der Waals surface area contributed by atoms with Gasteiger partial charge < -0.3 is 24.3 Å². The highest BCUT2D eigenvalue weighted by Gasteiger charge is 2.28. The number of likely N-dealkylation sites (tertiary alicyclic amines) is 1. The zero-order chi connectivity index (χ0) is 29.1. The molecule has 10 heteroatoms. The third kappa shape index (κ3) is 6.60. The van der Waals surface area contributed by atoms with Gasteiger partial charge in [0.2, 0.25) is 0 Å². The number of imidazole rings is 1. The molecular weight excluding hydrogens is 556 g/mol. The lowest BCUT2D eigenvalue weighted by Crippen LogP contribution is -2.51. The molecule has 0 bridgehead atoms. The van der Waals surface area contributed by atoms with Crippen molar-refractivity contribution in [2.24, 2.45) is 5.92 Å². The summed E-state index contributed by atoms with van der Waals surface area (Å²) in [5.74, 6) is -1.02. The van der Waals surface area contributed by atoms with Crippen LogP contribution in [0, 0.1) is 5.92 Å². The molecule has 1 saturated heterocycles. The van der Waals surface area contributed by atoms with Crippen molar-refractivity contribution in [2.45, 2.75) is 44.4 Å². The third-order valence-corrected chi connectivity index (χ3v) is 8.41. The molecule has 0 atom stereocenters. The van der Waals surface area contributed by atoms with Crippen LogP contribution in [0.5, 0.6) is 6.01 Å². The fraction of sp³-hybridized carbons (Fsp3) is 0.406. The molecule has 1 saturated carbocycles. The van der Waals surface area contributed by atoms with Crippen LogP contribution < -0.4 is 4.74 Å². The number of aliphatic carboxylic acids is 1. The summed E-state index contributed by atoms with van der Waals surface area (Å²) >= 11 is 6.63. The molecule has 2 N–H and O–H groups in total. The minimum atomic E-state index is -0.730. The second-order valence-corrected chi connectivity index (χ2v) is 11.5. The van der Waals surface area contributed by atoms with Crippen LogP contribution in [0.4, 0.5) is 0 Å². The Kier molecular flexibility index (Phi) is 8.71. The Bertz CT molecular complexity index is 1510. The predicted octanol–water partition coefficient (Wildman–Crippen LogP) is 5.81. The van der Waals surface area contributed by atoms with E-state index in [1.165, 1.54) is 5.56 Å². The minimum Gasteiger partial charge on any atom is -0.481 e. The van der Waals surface area contributed by atoms with E-state index >= 15 is 0 Å². The van der Waals surface area contributed by atoms with Gasteiger partial charge in [-0.3, -0.25) is 9.69 Å². The quantitative estimate of drug-likeness (QED) is 0.210. The van der Waals surface area contributed by atoms with E-state index in [2.05, 4.69) is 51.3 Å². The standard InChI is InChI=1S/C32H35ClN4O5/c1-40-14-15-41-26-18-37(19-26)17-20-2-4-21(5-3-20)22-6-8-23(9-7-22)29-27(33)16-28-30(35-29)36-32(34-28)42-25-12-10-24(11-13-25)31(38)39/h2-9,16,24-26H,10-15,17-19H2,1H3,(H,38,39)(H,34,35,36). The number of aromatic amines is 1. The lowest BCUT2D eigenvalue weighted by atomic mass is 9.87. The number of aromatic nitrogens is 3. The highest BCUT2D eigenvalue weighted by atomic mass is 35.5. The van der Waals surface area contributed by atoms with Gasteiger partial charge in [0, 0.05) is 32.3 Å². The molecule has 1 aliphatic carbocycles. The molecule has 1 aliphatic heterocycles. The van der Waals surface area contributed by atoms with Gasteiger partial charge in [0.15, 0.2) is 5.65 Å². The number of carboxylic acids is 1. The van der Waals surface area contributed by atoms with Crippen molar-refractivity contribution < 1.29 is 24.1 Å². The average molecular weight is 591 g/mol. The first-order valence-corrected chi connectivity index (χ1v) is 14.8. The van der Waals surface area contributed by atoms with Gasteiger partial charge in [-0.2, -0.15) is 4.98 Å². The number of hydrogen-bond acceptors (Lipinski definition) is 7. The summed E-state index contributed by atoms with van der Waals surface area (Å²) in [7, 11) is 1.69. The summed E-state index contributed by atoms with van der Waals surface area (Å²) in [6.07, 6.45) is 2.84. The maximum atomic E-state index is 11.2. The number of nitrogens with one attached hydrogen (secondary N) is 1. The van der Waals surface area contributed by atoms with E-state index in [0.29, 0.717) is 72.9 Å². The molecule has 0 radical (unpaired) electrons. The molecule has 2 aromatic carbocycles. The maximum absolute atomic E-state index is 11.2. The van der Waals surface area contributed by atoms with Gasteiger partial charge in [-0.1, -0.05) is 60.1 Å². The number of fused-ring (bicyclic) bond motifs is 1. The Balaban J connectivity index is 1.07. The zero-order valence-corrected chi connectivity index (χ0v) is 24.3. The SMILES string of the molecule is COCCOC1CN(Cc2ccc(-c3ccc(-c4nc5nc(OC6CCC(C(=O)O)CC6)[nH]c5cc4Cl)cc3)cc2)C1. The van der Waals surface area contributed by atoms with Crippen LogP contribution in [0.3, 0.4) is 0 Å². The highest BCUT2D eigenvalue weighted by molar-refractivity contribution is 6.33. The van der Waals surface area contributed by atoms with E-state index in [1.54, 1.807) is 7.11 Å². The Morgan fingerprint density at radius 1 is 0.952 bits per heavy atom. The van der Waals surface area contributed by atoms with Gasteiger partial charge in [0.05, 0.1) is 41.5 Å². The summed E-state index contributed by atoms with van der Waals surface area (Å²) in [6, 6.07) is 19.1. The number of pyridine rings is 1. The first-order valence-electron chi connectivity index (χ1n) is 14.4. The Morgan fingerprint density at radius 2 is 1.62 bits per heavy atom. The average Bonchev–Trinajstić information content (AvgIpc) is 3.37. The molecule has 0 unspecified atom stereocenters. The zero-order valence-electron chi connectivity index (χ0n) is 23.6. The number of benzene rings is 2. The summed E-state index contributed by atoms with van der Waals surface area (Å²) in [4.78, 5) is 26.0. The number of halogens is 1. The van der Waals surface area contributed by atoms with Crippen molar-refractivity contribution >= 4 is 28.7 Å². The van der Waals surface area contributed by atoms with E-state index in [9.17, 15) is 9.90 Å². The molecule has 0 amide bonds. The van der Waals surface area contributed by atoms with Gasteiger partial charge in [0.25, 0.3) is 6.01 Å². The number of carboxylic acid groups (broad SMARTS) is 1. The van der Waals surface area contributed by atoms with Crippen LogP contribution in [0.15, 0.2) is 54.6 Å². The molecular formula is C32H35ClN4O5. The second kappa shape index (κ2) is 12.8. The number of H-pyrrole nitrogens is 1. The molecule has 42 heavy (non-hydrogen) atoms. The summed E-state index contributed by atoms with van der Waals surface area (Å²) in [5.41, 5.74) is 6.33. The van der Waals surface area contributed by atoms with Crippen LogP contribution in [-0.2, 0) is 20.8 Å². The highest BCUT2D eigenvalue weighted by Crippen LogP contribution is 2.32. The monoisotopic (exact) mass is 590 g/mol. The molecule has 4 aromatic rings. The molecule has 6 rings (SSSR count). The van der Waals surface area contributed by atoms with Gasteiger partial charge >= 0.3 is 5.97 Å². The number of carbonyl (C=O) groups is 1. The van der Waals surface area contributed by atoms with Crippen molar-refractivity contribution in [1.82, 2.24) is 19.9 Å². The molecule has 2 fully saturated rings. The van der Waals surface area contributed by atoms with E-state index in [-0.39, 0.29) is 12.0 Å². The second-order valence-electron chi connectivity index (χ2n) is 11.1. The van der Waals surface area contributed by atoms with Crippen molar-refractivity contribution in [3.63, 3.8) is 0 Å². The number of nitrogens with zero attached hydrogens (tertiary/aromatic N) is 3. The first-order chi connectivity index (χ1) is 20.4. The fourth-order valence-electron chi connectivity index (χ4n) is 5.68. The smallest absolute Gasteiger partial charge is 0.306 e. The number of ether oxygens (including phenoxy) is 3. The van der Waals surface area contributed by atoms with E-state index < -0.39 is 5.97 Å². The Hall–Kier alpha value is -3.50. The van der Waals surface area contributed by atoms with E-state index in [0.717, 1.165) is 36.3 Å². The van der Waals surface area contributed by atoms with Gasteiger partial charge in [-0.15, -0.1) is 0 Å². The summed E-state index contributed by atoms with van der Waals surface area (Å²) < 4.78 is 16.8. The van der Waals surface area contributed by atoms with Crippen LogP contribution in [-0.4, -0.2) is 76.5 Å². The number of hydrogen-bond donors (Lipinski definition) is 2. The third-order valence-electron chi connectivity index (χ3n) is 8.12. The van der Waals surface area contributed by atoms with Crippen LogP contribution in [0.1, 0.15) is 31.2 Å². The Morgan fingerprint density at radius 3 is 2.29 bits per heavy atom. The molecule has 0 spiro atoms. The van der Waals surface area contributed by atoms with Gasteiger partial charge in [-0.25, -0.2) is 4.98 Å². The lowest BCUT2D eigenvalue weighted by molar-refractivity contribution is -0.143. The minimum absolute atomic E-state index is 0.0633. The summed E-state index contributed by atoms with van der Waals surface area (Å²) in [5, 5.41) is 9.74. The van der Waals surface area contributed by atoms with Crippen molar-refractivity contribution in [3.05, 3.63) is 65.2 Å². The topological polar surface area (TPSA) is 110 Å². The van der Waals surface area contributed by atoms with Crippen LogP contribution in [0.25, 0.3) is 33.5 Å². The van der Waals surface area contributed by atoms with Gasteiger partial charge in [-0.05, 0) is 48.4 Å². The first kappa shape index (κ1) is 28.6. The van der Waals surface area contributed by atoms with Gasteiger partial charge in [0.1, 0.15) is 6.10 Å². The molecule has 220 valence electrons. The lowest BCUT2D eigenvalue weighted by Gasteiger charge is -2.38. The molecule has 2 aromatic heterocycles. The van der Waals surface area contributed by atoms with Crippen molar-refractivity contribution in [1.29, 1.82) is 0 Å². The van der Waals surface area contributed by atoms with Crippen LogP contribution >= 0.6 is 11.6 Å². The number of rotatable bonds is 11. The van der Waals surface area contributed by atoms with E-state index in [1.807, 2.05) is 18.2 Å². The van der Waals surface area contributed by atoms with Crippen molar-refractivity contribution in [2.75, 3.05) is 33.4 Å². The molecule has 3 heterocycles. The summed E-state index contributed by atoms with van der Waals surface area (Å²) in [6.45, 7) is 4.12. The fourth-order valence-corrected chi connectivity index (χ4v) is 5.94. The molecule has 2 aliphatic rings. The molecule has 9 nitrogen and oxygen atoms in total. The van der Waals surface area contributed by atoms with Crippen LogP contribution in [0.2, 0.25) is 5.02 Å². The van der Waals surface area contributed by atoms with Crippen molar-refractivity contribution in [3.8, 4) is 28.4 Å². The maximum Gasteiger partial charge on any atom is 0.306 e. The van der Waals surface area contributed by atoms with E-state index in [4.69, 9.17) is 30.8 Å². The normalized spacial score (nSPS) is 19.6. The Labute approximate surface area is 249 Å². The largest absolute Gasteiger partial charge is 0.481 e.